The van der Waals surface area contributed by atoms with Gasteiger partial charge >= 0.3 is 0 Å². The number of amides is 1. The first-order chi connectivity index (χ1) is 31.8. The Hall–Kier alpha value is -7.59. The van der Waals surface area contributed by atoms with Gasteiger partial charge in [0.05, 0.1) is 49.2 Å². The zero-order valence-electron chi connectivity index (χ0n) is 35.7. The highest BCUT2D eigenvalue weighted by molar-refractivity contribution is 5.82. The highest BCUT2D eigenvalue weighted by Crippen LogP contribution is 2.35. The molecule has 4 aromatic carbocycles. The molecule has 0 bridgehead atoms. The molecule has 8 rings (SSSR count). The molecule has 15 heteroatoms. The van der Waals surface area contributed by atoms with Crippen LogP contribution in [0.1, 0.15) is 6.92 Å². The average Bonchev–Trinajstić information content (AvgIpc) is 4.00. The van der Waals surface area contributed by atoms with E-state index in [0.29, 0.717) is 70.1 Å². The number of hydrogen-bond donors (Lipinski definition) is 4. The van der Waals surface area contributed by atoms with Crippen LogP contribution >= 0.6 is 0 Å². The fraction of sp³-hybridized carbons (Fsp3) is 0.180. The van der Waals surface area contributed by atoms with Crippen molar-refractivity contribution >= 4 is 5.91 Å². The third kappa shape index (κ3) is 13.0. The van der Waals surface area contributed by atoms with Gasteiger partial charge in [0.25, 0.3) is 0 Å². The van der Waals surface area contributed by atoms with E-state index in [9.17, 15) is 13.6 Å². The van der Waals surface area contributed by atoms with Crippen LogP contribution in [0.5, 0.6) is 11.5 Å². The Morgan fingerprint density at radius 1 is 0.523 bits per heavy atom. The van der Waals surface area contributed by atoms with E-state index in [-0.39, 0.29) is 17.5 Å². The molecule has 0 atom stereocenters. The number of H-pyrrole nitrogens is 2. The van der Waals surface area contributed by atoms with Crippen molar-refractivity contribution in [3.05, 3.63) is 158 Å². The predicted molar refractivity (Wildman–Crippen MR) is 246 cm³/mol. The number of carbonyl (C=O) groups is 1. The number of halogens is 2. The van der Waals surface area contributed by atoms with E-state index in [2.05, 4.69) is 25.3 Å². The monoisotopic (exact) mass is 878 g/mol. The van der Waals surface area contributed by atoms with Gasteiger partial charge in [-0.15, -0.1) is 0 Å². The number of pyridine rings is 2. The summed E-state index contributed by atoms with van der Waals surface area (Å²) in [4.78, 5) is 35.4. The lowest BCUT2D eigenvalue weighted by Crippen LogP contribution is -2.25. The molecule has 0 aliphatic carbocycles. The van der Waals surface area contributed by atoms with Gasteiger partial charge in [-0.3, -0.25) is 14.8 Å². The molecule has 0 radical (unpaired) electrons. The Kier molecular flexibility index (Phi) is 16.2. The van der Waals surface area contributed by atoms with Crippen molar-refractivity contribution in [2.45, 2.75) is 6.92 Å². The maximum Gasteiger partial charge on any atom is 0.216 e. The molecular weight excluding hydrogens is 831 g/mol. The normalized spacial score (nSPS) is 10.8. The van der Waals surface area contributed by atoms with Crippen LogP contribution in [0, 0.1) is 11.6 Å². The lowest BCUT2D eigenvalue weighted by molar-refractivity contribution is -0.119. The molecule has 332 valence electrons. The number of ether oxygens (including phenoxy) is 4. The van der Waals surface area contributed by atoms with E-state index in [4.69, 9.17) is 34.6 Å². The molecule has 0 aliphatic heterocycles. The highest BCUT2D eigenvalue weighted by Gasteiger charge is 2.17. The summed E-state index contributed by atoms with van der Waals surface area (Å²) in [6, 6.07) is 35.5. The molecule has 0 spiro atoms. The number of nitrogens with one attached hydrogen (secondary N) is 3. The number of aromatic nitrogens is 6. The third-order valence-corrected chi connectivity index (χ3v) is 9.71. The van der Waals surface area contributed by atoms with Crippen LogP contribution in [0.2, 0.25) is 0 Å². The lowest BCUT2D eigenvalue weighted by Gasteiger charge is -2.08. The second-order valence-electron chi connectivity index (χ2n) is 14.3. The summed E-state index contributed by atoms with van der Waals surface area (Å²) >= 11 is 0. The summed E-state index contributed by atoms with van der Waals surface area (Å²) in [5.41, 5.74) is 13.9. The number of carbonyl (C=O) groups excluding carboxylic acids is 1. The smallest absolute Gasteiger partial charge is 0.216 e. The van der Waals surface area contributed by atoms with Crippen LogP contribution in [0.15, 0.2) is 146 Å². The predicted octanol–water partition coefficient (Wildman–Crippen LogP) is 8.78. The maximum atomic E-state index is 13.5. The standard InChI is InChI=1S/C26H25FN4O3.C24H23FN4O2/c1-18(32)29-14-15-33-16-17-34-23-8-4-21(5-9-23)26-30-24(19-2-6-22(27)7-3-19)25(31-26)20-10-12-28-13-11-20;25-20-5-1-17(2-6-20)22-23(18-9-12-27-13-10-18)29-24(28-22)19-3-7-21(8-4-19)31-16-15-30-14-11-26/h2-13H,14-17H2,1H3,(H,29,32)(H,30,31);1-10,12-13H,11,14-16,26H2,(H,28,29). The zero-order chi connectivity index (χ0) is 45.2. The molecule has 0 saturated carbocycles. The topological polar surface area (TPSA) is 175 Å². The molecule has 65 heavy (non-hydrogen) atoms. The van der Waals surface area contributed by atoms with Crippen molar-refractivity contribution < 1.29 is 32.5 Å². The van der Waals surface area contributed by atoms with Crippen LogP contribution in [-0.2, 0) is 14.3 Å². The Morgan fingerprint density at radius 2 is 0.923 bits per heavy atom. The maximum absolute atomic E-state index is 13.5. The van der Waals surface area contributed by atoms with E-state index < -0.39 is 0 Å². The van der Waals surface area contributed by atoms with Crippen molar-refractivity contribution in [3.8, 4) is 79.3 Å². The Balaban J connectivity index is 0.000000195. The molecule has 8 aromatic rings. The van der Waals surface area contributed by atoms with Crippen molar-refractivity contribution in [3.63, 3.8) is 0 Å². The summed E-state index contributed by atoms with van der Waals surface area (Å²) in [7, 11) is 0. The fourth-order valence-corrected chi connectivity index (χ4v) is 6.55. The van der Waals surface area contributed by atoms with Crippen molar-refractivity contribution in [2.75, 3.05) is 52.7 Å². The Bertz CT molecular complexity index is 2680. The summed E-state index contributed by atoms with van der Waals surface area (Å²) in [5.74, 6) is 2.22. The molecule has 4 aromatic heterocycles. The fourth-order valence-electron chi connectivity index (χ4n) is 6.55. The van der Waals surface area contributed by atoms with E-state index >= 15 is 0 Å². The average molecular weight is 879 g/mol. The van der Waals surface area contributed by atoms with Crippen molar-refractivity contribution in [1.29, 1.82) is 0 Å². The highest BCUT2D eigenvalue weighted by atomic mass is 19.1. The van der Waals surface area contributed by atoms with Crippen LogP contribution in [0.25, 0.3) is 67.8 Å². The minimum Gasteiger partial charge on any atom is -0.491 e. The van der Waals surface area contributed by atoms with Crippen LogP contribution in [0.3, 0.4) is 0 Å². The van der Waals surface area contributed by atoms with Gasteiger partial charge in [0.1, 0.15) is 48.0 Å². The summed E-state index contributed by atoms with van der Waals surface area (Å²) < 4.78 is 49.0. The Morgan fingerprint density at radius 3 is 1.32 bits per heavy atom. The zero-order valence-corrected chi connectivity index (χ0v) is 35.7. The number of imidazole rings is 2. The van der Waals surface area contributed by atoms with Gasteiger partial charge in [0.15, 0.2) is 0 Å². The van der Waals surface area contributed by atoms with Gasteiger partial charge in [-0.1, -0.05) is 0 Å². The third-order valence-electron chi connectivity index (χ3n) is 9.71. The van der Waals surface area contributed by atoms with Gasteiger partial charge in [-0.2, -0.15) is 0 Å². The van der Waals surface area contributed by atoms with Crippen LogP contribution in [-0.4, -0.2) is 88.5 Å². The molecule has 0 unspecified atom stereocenters. The van der Waals surface area contributed by atoms with Crippen LogP contribution < -0.4 is 20.5 Å². The van der Waals surface area contributed by atoms with E-state index in [1.165, 1.54) is 31.2 Å². The van der Waals surface area contributed by atoms with Gasteiger partial charge < -0.3 is 40.0 Å². The van der Waals surface area contributed by atoms with E-state index in [1.54, 1.807) is 49.1 Å². The molecule has 5 N–H and O–H groups in total. The molecule has 13 nitrogen and oxygen atoms in total. The number of hydrogen-bond acceptors (Lipinski definition) is 10. The summed E-state index contributed by atoms with van der Waals surface area (Å²) in [6.45, 7) is 5.20. The van der Waals surface area contributed by atoms with Crippen molar-refractivity contribution in [1.82, 2.24) is 35.2 Å². The minimum atomic E-state index is -0.293. The first kappa shape index (κ1) is 45.4. The number of nitrogens with zero attached hydrogens (tertiary/aromatic N) is 4. The van der Waals surface area contributed by atoms with Gasteiger partial charge in [-0.05, 0) is 121 Å². The van der Waals surface area contributed by atoms with Gasteiger partial charge in [0.2, 0.25) is 5.91 Å². The number of rotatable bonds is 19. The second kappa shape index (κ2) is 23.2. The van der Waals surface area contributed by atoms with Gasteiger partial charge in [-0.25, -0.2) is 18.7 Å². The quantitative estimate of drug-likeness (QED) is 0.0575. The SMILES string of the molecule is CC(=O)NCCOCCOc1ccc(-c2nc(-c3ccc(F)cc3)c(-c3ccncc3)[nH]2)cc1.NCCOCCOc1ccc(-c2nc(-c3ccc(F)cc3)c(-c3ccncc3)[nH]2)cc1. The van der Waals surface area contributed by atoms with Gasteiger partial charge in [0, 0.05) is 78.2 Å². The molecule has 1 amide bonds. The molecule has 4 heterocycles. The van der Waals surface area contributed by atoms with Crippen LogP contribution in [0.4, 0.5) is 8.78 Å². The molecule has 0 saturated heterocycles. The minimum absolute atomic E-state index is 0.0748. The summed E-state index contributed by atoms with van der Waals surface area (Å²) in [6.07, 6.45) is 6.90. The first-order valence-corrected chi connectivity index (χ1v) is 20.9. The van der Waals surface area contributed by atoms with E-state index in [0.717, 1.165) is 61.9 Å². The summed E-state index contributed by atoms with van der Waals surface area (Å²) in [5, 5.41) is 2.67. The second-order valence-corrected chi connectivity index (χ2v) is 14.3. The Labute approximate surface area is 375 Å². The van der Waals surface area contributed by atoms with E-state index in [1.807, 2.05) is 72.8 Å². The van der Waals surface area contributed by atoms with Crippen molar-refractivity contribution in [2.24, 2.45) is 5.73 Å². The largest absolute Gasteiger partial charge is 0.491 e. The number of aromatic amines is 2. The molecule has 0 aliphatic rings. The first-order valence-electron chi connectivity index (χ1n) is 20.9. The number of benzene rings is 4. The molecule has 0 fully saturated rings. The molecular formula is C50H48F2N8O5. The number of nitrogens with two attached hydrogens (primary N) is 1. The lowest BCUT2D eigenvalue weighted by atomic mass is 10.1.